The number of piperazine rings is 1. The lowest BCUT2D eigenvalue weighted by Crippen LogP contribution is -2.49. The second kappa shape index (κ2) is 6.81. The van der Waals surface area contributed by atoms with Gasteiger partial charge < -0.3 is 19.4 Å². The molecule has 3 heterocycles. The van der Waals surface area contributed by atoms with Crippen LogP contribution in [0.4, 0.5) is 16.4 Å². The van der Waals surface area contributed by atoms with E-state index in [4.69, 9.17) is 4.74 Å². The molecule has 7 heteroatoms. The second-order valence-corrected chi connectivity index (χ2v) is 5.60. The van der Waals surface area contributed by atoms with E-state index in [2.05, 4.69) is 25.8 Å². The molecule has 0 N–H and O–H groups in total. The van der Waals surface area contributed by atoms with E-state index in [-0.39, 0.29) is 6.09 Å². The number of rotatable bonds is 3. The summed E-state index contributed by atoms with van der Waals surface area (Å²) in [5.74, 6) is 1.95. The van der Waals surface area contributed by atoms with E-state index in [1.165, 1.54) is 12.8 Å². The van der Waals surface area contributed by atoms with Gasteiger partial charge in [0, 0.05) is 45.3 Å². The Labute approximate surface area is 130 Å². The third kappa shape index (κ3) is 3.23. The maximum absolute atomic E-state index is 11.7. The van der Waals surface area contributed by atoms with Crippen molar-refractivity contribution in [3.63, 3.8) is 0 Å². The highest BCUT2D eigenvalue weighted by molar-refractivity contribution is 5.68. The average molecular weight is 305 g/mol. The van der Waals surface area contributed by atoms with Gasteiger partial charge in [-0.15, -0.1) is 0 Å². The fourth-order valence-electron chi connectivity index (χ4n) is 2.96. The lowest BCUT2D eigenvalue weighted by atomic mass is 10.3. The summed E-state index contributed by atoms with van der Waals surface area (Å²) in [7, 11) is 0. The molecular weight excluding hydrogens is 282 g/mol. The van der Waals surface area contributed by atoms with Crippen LogP contribution in [0.15, 0.2) is 12.4 Å². The highest BCUT2D eigenvalue weighted by Gasteiger charge is 2.23. The number of carbonyl (C=O) groups excluding carboxylic acids is 1. The molecular formula is C15H23N5O2. The van der Waals surface area contributed by atoms with Gasteiger partial charge in [-0.25, -0.2) is 14.8 Å². The Bertz CT molecular complexity index is 510. The van der Waals surface area contributed by atoms with E-state index in [0.29, 0.717) is 19.7 Å². The minimum Gasteiger partial charge on any atom is -0.450 e. The molecule has 22 heavy (non-hydrogen) atoms. The van der Waals surface area contributed by atoms with Gasteiger partial charge in [0.15, 0.2) is 0 Å². The Balaban J connectivity index is 1.61. The van der Waals surface area contributed by atoms with Crippen molar-refractivity contribution in [2.45, 2.75) is 19.8 Å². The number of nitrogens with zero attached hydrogens (tertiary/aromatic N) is 5. The molecule has 0 aromatic carbocycles. The van der Waals surface area contributed by atoms with Crippen LogP contribution in [0.5, 0.6) is 0 Å². The van der Waals surface area contributed by atoms with Gasteiger partial charge in [0.05, 0.1) is 6.61 Å². The summed E-state index contributed by atoms with van der Waals surface area (Å²) in [4.78, 5) is 26.8. The topological polar surface area (TPSA) is 61.8 Å². The molecule has 2 saturated heterocycles. The summed E-state index contributed by atoms with van der Waals surface area (Å²) in [6.45, 7) is 7.29. The van der Waals surface area contributed by atoms with Crippen LogP contribution in [0.3, 0.4) is 0 Å². The Morgan fingerprint density at radius 1 is 1.05 bits per heavy atom. The minimum absolute atomic E-state index is 0.220. The van der Waals surface area contributed by atoms with Crippen LogP contribution in [0.2, 0.25) is 0 Å². The number of carbonyl (C=O) groups is 1. The molecule has 2 fully saturated rings. The molecule has 0 unspecified atom stereocenters. The molecule has 0 spiro atoms. The Morgan fingerprint density at radius 2 is 1.64 bits per heavy atom. The van der Waals surface area contributed by atoms with Crippen molar-refractivity contribution in [3.8, 4) is 0 Å². The SMILES string of the molecule is CCOC(=O)N1CCN(c2cc(N3CCCC3)ncn2)CC1. The van der Waals surface area contributed by atoms with Crippen LogP contribution < -0.4 is 9.80 Å². The first-order valence-corrected chi connectivity index (χ1v) is 8.01. The minimum atomic E-state index is -0.220. The summed E-state index contributed by atoms with van der Waals surface area (Å²) in [5.41, 5.74) is 0. The molecule has 0 radical (unpaired) electrons. The van der Waals surface area contributed by atoms with E-state index in [1.54, 1.807) is 11.2 Å². The van der Waals surface area contributed by atoms with Crippen molar-refractivity contribution >= 4 is 17.7 Å². The Hall–Kier alpha value is -2.05. The highest BCUT2D eigenvalue weighted by Crippen LogP contribution is 2.22. The first-order valence-electron chi connectivity index (χ1n) is 8.01. The quantitative estimate of drug-likeness (QED) is 0.840. The van der Waals surface area contributed by atoms with Crippen LogP contribution in [0, 0.1) is 0 Å². The first-order chi connectivity index (χ1) is 10.8. The lowest BCUT2D eigenvalue weighted by molar-refractivity contribution is 0.105. The van der Waals surface area contributed by atoms with Gasteiger partial charge in [-0.3, -0.25) is 0 Å². The third-order valence-electron chi connectivity index (χ3n) is 4.20. The van der Waals surface area contributed by atoms with E-state index in [9.17, 15) is 4.79 Å². The van der Waals surface area contributed by atoms with Crippen LogP contribution >= 0.6 is 0 Å². The molecule has 2 aliphatic rings. The van der Waals surface area contributed by atoms with E-state index in [0.717, 1.165) is 37.8 Å². The number of ether oxygens (including phenoxy) is 1. The summed E-state index contributed by atoms with van der Waals surface area (Å²) >= 11 is 0. The molecule has 7 nitrogen and oxygen atoms in total. The van der Waals surface area contributed by atoms with E-state index < -0.39 is 0 Å². The van der Waals surface area contributed by atoms with Crippen molar-refractivity contribution in [1.82, 2.24) is 14.9 Å². The Morgan fingerprint density at radius 3 is 2.23 bits per heavy atom. The fraction of sp³-hybridized carbons (Fsp3) is 0.667. The highest BCUT2D eigenvalue weighted by atomic mass is 16.6. The first kappa shape index (κ1) is 14.9. The zero-order chi connectivity index (χ0) is 15.4. The van der Waals surface area contributed by atoms with Gasteiger partial charge in [-0.2, -0.15) is 0 Å². The van der Waals surface area contributed by atoms with E-state index in [1.807, 2.05) is 6.92 Å². The number of anilines is 2. The van der Waals surface area contributed by atoms with Crippen molar-refractivity contribution in [1.29, 1.82) is 0 Å². The zero-order valence-electron chi connectivity index (χ0n) is 13.1. The standard InChI is InChI=1S/C15H23N5O2/c1-2-22-15(21)20-9-7-19(8-10-20)14-11-13(16-12-17-14)18-5-3-4-6-18/h11-12H,2-10H2,1H3. The van der Waals surface area contributed by atoms with Crippen molar-refractivity contribution < 1.29 is 9.53 Å². The van der Waals surface area contributed by atoms with Gasteiger partial charge in [-0.1, -0.05) is 0 Å². The van der Waals surface area contributed by atoms with Crippen LogP contribution in [0.25, 0.3) is 0 Å². The van der Waals surface area contributed by atoms with Crippen LogP contribution in [-0.2, 0) is 4.74 Å². The number of amides is 1. The molecule has 0 aliphatic carbocycles. The molecule has 3 rings (SSSR count). The fourth-order valence-corrected chi connectivity index (χ4v) is 2.96. The molecule has 1 amide bonds. The summed E-state index contributed by atoms with van der Waals surface area (Å²) in [6.07, 6.45) is 3.89. The van der Waals surface area contributed by atoms with Crippen molar-refractivity contribution in [2.75, 3.05) is 55.7 Å². The largest absolute Gasteiger partial charge is 0.450 e. The van der Waals surface area contributed by atoms with Gasteiger partial charge in [0.2, 0.25) is 0 Å². The molecule has 120 valence electrons. The normalized spacial score (nSPS) is 18.7. The number of aromatic nitrogens is 2. The van der Waals surface area contributed by atoms with Gasteiger partial charge in [0.1, 0.15) is 18.0 Å². The lowest BCUT2D eigenvalue weighted by Gasteiger charge is -2.34. The molecule has 0 bridgehead atoms. The van der Waals surface area contributed by atoms with Gasteiger partial charge >= 0.3 is 6.09 Å². The monoisotopic (exact) mass is 305 g/mol. The maximum atomic E-state index is 11.7. The predicted octanol–water partition coefficient (Wildman–Crippen LogP) is 1.36. The van der Waals surface area contributed by atoms with E-state index >= 15 is 0 Å². The molecule has 1 aromatic heterocycles. The third-order valence-corrected chi connectivity index (χ3v) is 4.20. The smallest absolute Gasteiger partial charge is 0.409 e. The summed E-state index contributed by atoms with van der Waals surface area (Å²) in [6, 6.07) is 2.06. The van der Waals surface area contributed by atoms with Gasteiger partial charge in [-0.05, 0) is 19.8 Å². The van der Waals surface area contributed by atoms with Crippen LogP contribution in [0.1, 0.15) is 19.8 Å². The second-order valence-electron chi connectivity index (χ2n) is 5.60. The maximum Gasteiger partial charge on any atom is 0.409 e. The van der Waals surface area contributed by atoms with Gasteiger partial charge in [0.25, 0.3) is 0 Å². The summed E-state index contributed by atoms with van der Waals surface area (Å²) < 4.78 is 5.05. The van der Waals surface area contributed by atoms with Crippen LogP contribution in [-0.4, -0.2) is 66.8 Å². The molecule has 0 atom stereocenters. The average Bonchev–Trinajstić information content (AvgIpc) is 3.10. The van der Waals surface area contributed by atoms with Crippen molar-refractivity contribution in [3.05, 3.63) is 12.4 Å². The predicted molar refractivity (Wildman–Crippen MR) is 84.3 cm³/mol. The Kier molecular flexibility index (Phi) is 4.60. The van der Waals surface area contributed by atoms with Crippen molar-refractivity contribution in [2.24, 2.45) is 0 Å². The number of hydrogen-bond acceptors (Lipinski definition) is 6. The molecule has 1 aromatic rings. The summed E-state index contributed by atoms with van der Waals surface area (Å²) in [5, 5.41) is 0. The number of hydrogen-bond donors (Lipinski definition) is 0. The zero-order valence-corrected chi connectivity index (χ0v) is 13.1. The molecule has 2 aliphatic heterocycles. The molecule has 0 saturated carbocycles.